The van der Waals surface area contributed by atoms with E-state index in [0.29, 0.717) is 28.8 Å². The lowest BCUT2D eigenvalue weighted by molar-refractivity contribution is 0.155. The summed E-state index contributed by atoms with van der Waals surface area (Å²) in [5.41, 5.74) is 3.47. The second-order valence-corrected chi connectivity index (χ2v) is 11.4. The Labute approximate surface area is 227 Å². The molecular formula is C29H36N8O2. The number of nitrogens with one attached hydrogen (secondary N) is 1. The molecule has 3 aromatic heterocycles. The number of nitrogens with zero attached hydrogens (tertiary/aromatic N) is 7. The molecule has 5 rings (SSSR count). The van der Waals surface area contributed by atoms with Crippen molar-refractivity contribution in [1.82, 2.24) is 34.0 Å². The summed E-state index contributed by atoms with van der Waals surface area (Å²) in [6.45, 7) is 18.7. The summed E-state index contributed by atoms with van der Waals surface area (Å²) < 4.78 is 4.51. The maximum atomic E-state index is 13.3. The topological polar surface area (TPSA) is 103 Å². The first-order valence-electron chi connectivity index (χ1n) is 13.3. The summed E-state index contributed by atoms with van der Waals surface area (Å²) in [7, 11) is 0. The third-order valence-corrected chi connectivity index (χ3v) is 7.29. The van der Waals surface area contributed by atoms with Gasteiger partial charge in [0.1, 0.15) is 5.39 Å². The van der Waals surface area contributed by atoms with E-state index in [4.69, 9.17) is 4.98 Å². The monoisotopic (exact) mass is 528 g/mol. The van der Waals surface area contributed by atoms with Crippen LogP contribution >= 0.6 is 0 Å². The van der Waals surface area contributed by atoms with Gasteiger partial charge in [0.15, 0.2) is 11.5 Å². The minimum Gasteiger partial charge on any atom is -0.324 e. The SMILES string of the molecule is C=CCn1c(=O)c2cnc(Nc3ccc4c(c3)CN(C(C)C)CC4(C)C)nc2n1-c1ccc(=O)n(C(C)C)n1. The van der Waals surface area contributed by atoms with E-state index in [1.807, 2.05) is 13.8 Å². The molecule has 1 aliphatic rings. The van der Waals surface area contributed by atoms with Crippen molar-refractivity contribution >= 4 is 22.7 Å². The van der Waals surface area contributed by atoms with E-state index >= 15 is 0 Å². The van der Waals surface area contributed by atoms with Gasteiger partial charge in [-0.25, -0.2) is 19.0 Å². The Morgan fingerprint density at radius 1 is 1.10 bits per heavy atom. The highest BCUT2D eigenvalue weighted by molar-refractivity contribution is 5.77. The number of anilines is 2. The normalized spacial score (nSPS) is 15.2. The van der Waals surface area contributed by atoms with Gasteiger partial charge < -0.3 is 5.32 Å². The zero-order valence-electron chi connectivity index (χ0n) is 23.5. The molecule has 0 fully saturated rings. The highest BCUT2D eigenvalue weighted by Crippen LogP contribution is 2.36. The Balaban J connectivity index is 1.59. The smallest absolute Gasteiger partial charge is 0.278 e. The zero-order valence-corrected chi connectivity index (χ0v) is 23.5. The first-order chi connectivity index (χ1) is 18.5. The molecule has 10 heteroatoms. The number of fused-ring (bicyclic) bond motifs is 2. The van der Waals surface area contributed by atoms with E-state index in [-0.39, 0.29) is 29.1 Å². The van der Waals surface area contributed by atoms with Crippen LogP contribution in [0.4, 0.5) is 11.6 Å². The van der Waals surface area contributed by atoms with E-state index in [9.17, 15) is 9.59 Å². The van der Waals surface area contributed by atoms with Gasteiger partial charge in [-0.15, -0.1) is 11.7 Å². The summed E-state index contributed by atoms with van der Waals surface area (Å²) in [6.07, 6.45) is 3.17. The molecule has 1 N–H and O–H groups in total. The fourth-order valence-corrected chi connectivity index (χ4v) is 5.33. The average Bonchev–Trinajstić information content (AvgIpc) is 3.14. The molecular weight excluding hydrogens is 492 g/mol. The van der Waals surface area contributed by atoms with Crippen molar-refractivity contribution in [2.24, 2.45) is 0 Å². The van der Waals surface area contributed by atoms with Crippen molar-refractivity contribution in [3.05, 3.63) is 81.0 Å². The van der Waals surface area contributed by atoms with Crippen molar-refractivity contribution in [3.63, 3.8) is 0 Å². The molecule has 0 unspecified atom stereocenters. The second kappa shape index (κ2) is 9.92. The van der Waals surface area contributed by atoms with Crippen molar-refractivity contribution in [3.8, 4) is 5.82 Å². The summed E-state index contributed by atoms with van der Waals surface area (Å²) in [5, 5.41) is 8.22. The number of benzene rings is 1. The number of aromatic nitrogens is 6. The van der Waals surface area contributed by atoms with Gasteiger partial charge in [-0.1, -0.05) is 26.0 Å². The van der Waals surface area contributed by atoms with Crippen LogP contribution < -0.4 is 16.4 Å². The minimum atomic E-state index is -0.259. The van der Waals surface area contributed by atoms with Gasteiger partial charge >= 0.3 is 0 Å². The fraction of sp³-hybridized carbons (Fsp3) is 0.414. The van der Waals surface area contributed by atoms with E-state index in [1.54, 1.807) is 16.8 Å². The second-order valence-electron chi connectivity index (χ2n) is 11.4. The van der Waals surface area contributed by atoms with Gasteiger partial charge in [0.2, 0.25) is 5.95 Å². The third kappa shape index (κ3) is 4.80. The van der Waals surface area contributed by atoms with Crippen molar-refractivity contribution < 1.29 is 0 Å². The van der Waals surface area contributed by atoms with Gasteiger partial charge in [0.05, 0.1) is 12.6 Å². The molecule has 4 aromatic rings. The summed E-state index contributed by atoms with van der Waals surface area (Å²) >= 11 is 0. The van der Waals surface area contributed by atoms with Crippen LogP contribution in [0.2, 0.25) is 0 Å². The molecule has 0 saturated carbocycles. The number of rotatable bonds is 7. The Bertz CT molecular complexity index is 1680. The van der Waals surface area contributed by atoms with Crippen molar-refractivity contribution in [2.75, 3.05) is 11.9 Å². The lowest BCUT2D eigenvalue weighted by atomic mass is 9.78. The quantitative estimate of drug-likeness (QED) is 0.360. The maximum Gasteiger partial charge on any atom is 0.278 e. The van der Waals surface area contributed by atoms with Crippen molar-refractivity contribution in [1.29, 1.82) is 0 Å². The molecule has 0 spiro atoms. The molecule has 0 aliphatic carbocycles. The fourth-order valence-electron chi connectivity index (χ4n) is 5.33. The molecule has 1 aliphatic heterocycles. The molecule has 0 saturated heterocycles. The van der Waals surface area contributed by atoms with Gasteiger partial charge in [-0.3, -0.25) is 14.5 Å². The molecule has 1 aromatic carbocycles. The van der Waals surface area contributed by atoms with Crippen LogP contribution in [0, 0.1) is 0 Å². The zero-order chi connectivity index (χ0) is 28.1. The Morgan fingerprint density at radius 2 is 1.87 bits per heavy atom. The maximum absolute atomic E-state index is 13.3. The van der Waals surface area contributed by atoms with Crippen LogP contribution in [-0.2, 0) is 18.5 Å². The number of allylic oxidation sites excluding steroid dienone is 1. The molecule has 0 bridgehead atoms. The standard InChI is InChI=1S/C29H36N8O2/c1-8-13-35-27(39)22-15-30-28(32-26(22)37(35)24-11-12-25(38)36(33-24)19(4)5)31-21-9-10-23-20(14-21)16-34(18(2)3)17-29(23,6)7/h8-12,14-15,18-19H,1,13,16-17H2,2-7H3,(H,30,31,32). The van der Waals surface area contributed by atoms with E-state index in [2.05, 4.69) is 72.8 Å². The first-order valence-corrected chi connectivity index (χ1v) is 13.3. The van der Waals surface area contributed by atoms with Crippen LogP contribution in [0.15, 0.2) is 58.8 Å². The van der Waals surface area contributed by atoms with Crippen LogP contribution in [0.25, 0.3) is 16.9 Å². The molecule has 0 amide bonds. The Kier molecular flexibility index (Phi) is 6.76. The predicted octanol–water partition coefficient (Wildman–Crippen LogP) is 4.15. The third-order valence-electron chi connectivity index (χ3n) is 7.29. The van der Waals surface area contributed by atoms with Gasteiger partial charge in [0, 0.05) is 42.5 Å². The lowest BCUT2D eigenvalue weighted by Crippen LogP contribution is -2.45. The van der Waals surface area contributed by atoms with Crippen LogP contribution in [0.3, 0.4) is 0 Å². The highest BCUT2D eigenvalue weighted by Gasteiger charge is 2.32. The molecule has 204 valence electrons. The predicted molar refractivity (Wildman–Crippen MR) is 154 cm³/mol. The molecule has 10 nitrogen and oxygen atoms in total. The highest BCUT2D eigenvalue weighted by atomic mass is 16.1. The Morgan fingerprint density at radius 3 is 2.56 bits per heavy atom. The Hall–Kier alpha value is -4.05. The van der Waals surface area contributed by atoms with E-state index < -0.39 is 0 Å². The first kappa shape index (κ1) is 26.6. The molecule has 0 radical (unpaired) electrons. The largest absolute Gasteiger partial charge is 0.324 e. The minimum absolute atomic E-state index is 0.0510. The number of hydrogen-bond donors (Lipinski definition) is 1. The van der Waals surface area contributed by atoms with Crippen LogP contribution in [-0.4, -0.2) is 46.6 Å². The van der Waals surface area contributed by atoms with Gasteiger partial charge in [0.25, 0.3) is 11.1 Å². The summed E-state index contributed by atoms with van der Waals surface area (Å²) in [6, 6.07) is 9.75. The van der Waals surface area contributed by atoms with Crippen LogP contribution in [0.5, 0.6) is 0 Å². The lowest BCUT2D eigenvalue weighted by Gasteiger charge is -2.42. The molecule has 4 heterocycles. The molecule has 39 heavy (non-hydrogen) atoms. The van der Waals surface area contributed by atoms with E-state index in [1.165, 1.54) is 32.8 Å². The van der Waals surface area contributed by atoms with Gasteiger partial charge in [-0.2, -0.15) is 4.98 Å². The van der Waals surface area contributed by atoms with Crippen molar-refractivity contribution in [2.45, 2.75) is 72.1 Å². The summed E-state index contributed by atoms with van der Waals surface area (Å²) in [5.74, 6) is 0.770. The van der Waals surface area contributed by atoms with Gasteiger partial charge in [-0.05, 0) is 57.0 Å². The van der Waals surface area contributed by atoms with E-state index in [0.717, 1.165) is 18.8 Å². The van der Waals surface area contributed by atoms with Crippen LogP contribution in [0.1, 0.15) is 58.7 Å². The average molecular weight is 529 g/mol. The summed E-state index contributed by atoms with van der Waals surface area (Å²) in [4.78, 5) is 37.3. The number of hydrogen-bond acceptors (Lipinski definition) is 7. The molecule has 0 atom stereocenters.